The summed E-state index contributed by atoms with van der Waals surface area (Å²) in [6.07, 6.45) is -0.853. The number of morpholine rings is 1. The van der Waals surface area contributed by atoms with Gasteiger partial charge >= 0.3 is 5.97 Å². The summed E-state index contributed by atoms with van der Waals surface area (Å²) >= 11 is 0. The van der Waals surface area contributed by atoms with Crippen molar-refractivity contribution in [3.8, 4) is 0 Å². The van der Waals surface area contributed by atoms with Crippen LogP contribution in [0.25, 0.3) is 0 Å². The number of carbonyl (C=O) groups is 2. The van der Waals surface area contributed by atoms with Gasteiger partial charge in [-0.15, -0.1) is 0 Å². The quantitative estimate of drug-likeness (QED) is 0.678. The molecule has 1 amide bonds. The highest BCUT2D eigenvalue weighted by Gasteiger charge is 2.20. The predicted octanol–water partition coefficient (Wildman–Crippen LogP) is 2.98. The van der Waals surface area contributed by atoms with Gasteiger partial charge in [-0.25, -0.2) is 4.79 Å². The minimum Gasteiger partial charge on any atom is -0.449 e. The summed E-state index contributed by atoms with van der Waals surface area (Å²) < 4.78 is 10.7. The van der Waals surface area contributed by atoms with E-state index in [1.807, 2.05) is 49.4 Å². The van der Waals surface area contributed by atoms with E-state index in [1.54, 1.807) is 19.1 Å². The summed E-state index contributed by atoms with van der Waals surface area (Å²) in [7, 11) is 0. The molecule has 3 rings (SSSR count). The fourth-order valence-electron chi connectivity index (χ4n) is 3.34. The van der Waals surface area contributed by atoms with E-state index in [2.05, 4.69) is 10.2 Å². The van der Waals surface area contributed by atoms with E-state index in [-0.39, 0.29) is 11.8 Å². The number of carbonyl (C=O) groups excluding carboxylic acids is 2. The van der Waals surface area contributed by atoms with Crippen LogP contribution in [0.4, 0.5) is 0 Å². The number of amides is 1. The van der Waals surface area contributed by atoms with Crippen molar-refractivity contribution in [1.82, 2.24) is 10.2 Å². The minimum absolute atomic E-state index is 0.178. The van der Waals surface area contributed by atoms with Gasteiger partial charge in [0.1, 0.15) is 0 Å². The molecule has 0 unspecified atom stereocenters. The Hall–Kier alpha value is -2.70. The first-order valence-corrected chi connectivity index (χ1v) is 10.5. The van der Waals surface area contributed by atoms with Crippen molar-refractivity contribution in [2.45, 2.75) is 32.4 Å². The molecule has 0 bridgehead atoms. The Kier molecular flexibility index (Phi) is 7.99. The summed E-state index contributed by atoms with van der Waals surface area (Å²) in [5.41, 5.74) is 2.73. The summed E-state index contributed by atoms with van der Waals surface area (Å²) in [6, 6.07) is 17.3. The van der Waals surface area contributed by atoms with Crippen molar-refractivity contribution >= 4 is 11.9 Å². The molecule has 2 aromatic carbocycles. The smallest absolute Gasteiger partial charge is 0.338 e. The van der Waals surface area contributed by atoms with Crippen molar-refractivity contribution in [2.75, 3.05) is 32.8 Å². The van der Waals surface area contributed by atoms with E-state index in [0.29, 0.717) is 12.1 Å². The molecule has 30 heavy (non-hydrogen) atoms. The van der Waals surface area contributed by atoms with E-state index in [9.17, 15) is 9.59 Å². The zero-order valence-electron chi connectivity index (χ0n) is 17.7. The number of hydrogen-bond donors (Lipinski definition) is 1. The third kappa shape index (κ3) is 6.40. The Bertz CT molecular complexity index is 817. The van der Waals surface area contributed by atoms with Gasteiger partial charge in [-0.1, -0.05) is 49.4 Å². The first-order chi connectivity index (χ1) is 14.5. The Labute approximate surface area is 178 Å². The van der Waals surface area contributed by atoms with E-state index in [0.717, 1.165) is 44.0 Å². The Morgan fingerprint density at radius 3 is 2.37 bits per heavy atom. The molecule has 2 aromatic rings. The lowest BCUT2D eigenvalue weighted by atomic mass is 10.0. The van der Waals surface area contributed by atoms with Crippen molar-refractivity contribution in [3.05, 3.63) is 71.3 Å². The predicted molar refractivity (Wildman–Crippen MR) is 115 cm³/mol. The normalized spacial score (nSPS) is 16.5. The van der Waals surface area contributed by atoms with Crippen LogP contribution in [0.3, 0.4) is 0 Å². The molecule has 1 saturated heterocycles. The van der Waals surface area contributed by atoms with Crippen molar-refractivity contribution in [3.63, 3.8) is 0 Å². The number of nitrogens with zero attached hydrogens (tertiary/aromatic N) is 1. The summed E-state index contributed by atoms with van der Waals surface area (Å²) in [6.45, 7) is 8.30. The fourth-order valence-corrected chi connectivity index (χ4v) is 3.34. The first-order valence-electron chi connectivity index (χ1n) is 10.5. The number of hydrogen-bond acceptors (Lipinski definition) is 5. The van der Waals surface area contributed by atoms with Crippen LogP contribution in [0, 0.1) is 0 Å². The number of rotatable bonds is 8. The average molecular weight is 411 g/mol. The van der Waals surface area contributed by atoms with Gasteiger partial charge in [0.05, 0.1) is 18.8 Å². The molecule has 6 nitrogen and oxygen atoms in total. The molecule has 6 heteroatoms. The molecular weight excluding hydrogens is 380 g/mol. The van der Waals surface area contributed by atoms with Crippen molar-refractivity contribution in [1.29, 1.82) is 0 Å². The maximum absolute atomic E-state index is 12.4. The fraction of sp³-hybridized carbons (Fsp3) is 0.417. The minimum atomic E-state index is -0.853. The van der Waals surface area contributed by atoms with E-state index in [4.69, 9.17) is 9.47 Å². The maximum Gasteiger partial charge on any atom is 0.338 e. The molecule has 1 heterocycles. The average Bonchev–Trinajstić information content (AvgIpc) is 2.79. The molecule has 0 aromatic heterocycles. The summed E-state index contributed by atoms with van der Waals surface area (Å²) in [5.74, 6) is -0.612. The Morgan fingerprint density at radius 2 is 1.70 bits per heavy atom. The van der Waals surface area contributed by atoms with Crippen LogP contribution >= 0.6 is 0 Å². The van der Waals surface area contributed by atoms with Gasteiger partial charge in [0.25, 0.3) is 5.91 Å². The van der Waals surface area contributed by atoms with Gasteiger partial charge in [-0.2, -0.15) is 0 Å². The zero-order chi connectivity index (χ0) is 21.3. The standard InChI is InChI=1S/C24H30N2O4/c1-18(21-6-4-3-5-7-21)16-25-23(27)19(2)30-24(28)22-10-8-20(9-11-22)17-26-12-14-29-15-13-26/h3-11,18-19H,12-17H2,1-2H3,(H,25,27)/t18-,19-/m0/s1. The highest BCUT2D eigenvalue weighted by atomic mass is 16.5. The van der Waals surface area contributed by atoms with E-state index >= 15 is 0 Å². The highest BCUT2D eigenvalue weighted by molar-refractivity contribution is 5.92. The number of benzene rings is 2. The monoisotopic (exact) mass is 410 g/mol. The third-order valence-corrected chi connectivity index (χ3v) is 5.30. The third-order valence-electron chi connectivity index (χ3n) is 5.30. The lowest BCUT2D eigenvalue weighted by Crippen LogP contribution is -2.37. The lowest BCUT2D eigenvalue weighted by molar-refractivity contribution is -0.129. The second-order valence-corrected chi connectivity index (χ2v) is 7.69. The zero-order valence-corrected chi connectivity index (χ0v) is 17.7. The second kappa shape index (κ2) is 10.9. The molecule has 1 fully saturated rings. The molecule has 160 valence electrons. The molecule has 1 N–H and O–H groups in total. The first kappa shape index (κ1) is 22.0. The van der Waals surface area contributed by atoms with Crippen LogP contribution in [0.1, 0.15) is 41.3 Å². The molecule has 1 aliphatic rings. The van der Waals surface area contributed by atoms with Crippen LogP contribution in [0.15, 0.2) is 54.6 Å². The number of ether oxygens (including phenoxy) is 2. The van der Waals surface area contributed by atoms with Crippen LogP contribution in [0.2, 0.25) is 0 Å². The molecule has 0 radical (unpaired) electrons. The molecule has 0 saturated carbocycles. The Morgan fingerprint density at radius 1 is 1.03 bits per heavy atom. The largest absolute Gasteiger partial charge is 0.449 e. The van der Waals surface area contributed by atoms with Crippen LogP contribution in [-0.2, 0) is 20.8 Å². The van der Waals surface area contributed by atoms with E-state index < -0.39 is 12.1 Å². The second-order valence-electron chi connectivity index (χ2n) is 7.69. The van der Waals surface area contributed by atoms with Gasteiger partial charge in [-0.05, 0) is 36.1 Å². The van der Waals surface area contributed by atoms with Gasteiger partial charge in [0.2, 0.25) is 0 Å². The number of nitrogens with one attached hydrogen (secondary N) is 1. The summed E-state index contributed by atoms with van der Waals surface area (Å²) in [5, 5.41) is 2.86. The molecule has 0 spiro atoms. The van der Waals surface area contributed by atoms with E-state index in [1.165, 1.54) is 0 Å². The SMILES string of the molecule is C[C@H](OC(=O)c1ccc(CN2CCOCC2)cc1)C(=O)NC[C@H](C)c1ccccc1. The number of esters is 1. The summed E-state index contributed by atoms with van der Waals surface area (Å²) in [4.78, 5) is 27.0. The lowest BCUT2D eigenvalue weighted by Gasteiger charge is -2.26. The Balaban J connectivity index is 1.45. The maximum atomic E-state index is 12.4. The highest BCUT2D eigenvalue weighted by Crippen LogP contribution is 2.14. The van der Waals surface area contributed by atoms with Crippen molar-refractivity contribution in [2.24, 2.45) is 0 Å². The van der Waals surface area contributed by atoms with Crippen LogP contribution in [-0.4, -0.2) is 55.7 Å². The molecule has 2 atom stereocenters. The van der Waals surface area contributed by atoms with Crippen molar-refractivity contribution < 1.29 is 19.1 Å². The van der Waals surface area contributed by atoms with Crippen LogP contribution in [0.5, 0.6) is 0 Å². The van der Waals surface area contributed by atoms with Gasteiger partial charge in [0, 0.05) is 26.2 Å². The van der Waals surface area contributed by atoms with Crippen LogP contribution < -0.4 is 5.32 Å². The van der Waals surface area contributed by atoms with Gasteiger partial charge < -0.3 is 14.8 Å². The topological polar surface area (TPSA) is 67.9 Å². The van der Waals surface area contributed by atoms with Gasteiger partial charge in [0.15, 0.2) is 6.10 Å². The molecular formula is C24H30N2O4. The molecule has 1 aliphatic heterocycles. The van der Waals surface area contributed by atoms with Gasteiger partial charge in [-0.3, -0.25) is 9.69 Å². The molecule has 0 aliphatic carbocycles.